The standard InChI is InChI=1S/C30H36N2O2/c1-3-4-5-6-12-23-34-26-19-17-25(18-20-26)30(2)31-28-16-11-10-15-27(28)29(33)32(30)22-21-24-13-8-7-9-14-24/h7-11,13-20,31H,3-6,12,21-23H2,1-2H3. The summed E-state index contributed by atoms with van der Waals surface area (Å²) in [5.41, 5.74) is 3.20. The number of nitrogens with zero attached hydrogens (tertiary/aromatic N) is 1. The summed E-state index contributed by atoms with van der Waals surface area (Å²) in [6.45, 7) is 5.69. The van der Waals surface area contributed by atoms with Crippen LogP contribution in [0.1, 0.15) is 67.4 Å². The van der Waals surface area contributed by atoms with Crippen LogP contribution in [-0.2, 0) is 12.1 Å². The van der Waals surface area contributed by atoms with Crippen LogP contribution in [-0.4, -0.2) is 24.0 Å². The molecule has 1 heterocycles. The van der Waals surface area contributed by atoms with E-state index in [9.17, 15) is 4.79 Å². The first-order valence-corrected chi connectivity index (χ1v) is 12.6. The molecule has 34 heavy (non-hydrogen) atoms. The molecule has 0 aliphatic carbocycles. The molecule has 4 heteroatoms. The van der Waals surface area contributed by atoms with Crippen LogP contribution < -0.4 is 10.1 Å². The van der Waals surface area contributed by atoms with E-state index >= 15 is 0 Å². The Balaban J connectivity index is 1.51. The Morgan fingerprint density at radius 3 is 2.32 bits per heavy atom. The van der Waals surface area contributed by atoms with Gasteiger partial charge in [-0.1, -0.05) is 87.2 Å². The van der Waals surface area contributed by atoms with Gasteiger partial charge in [-0.3, -0.25) is 4.79 Å². The number of hydrogen-bond acceptors (Lipinski definition) is 3. The lowest BCUT2D eigenvalue weighted by molar-refractivity contribution is 0.0539. The number of unbranched alkanes of at least 4 members (excludes halogenated alkanes) is 4. The highest BCUT2D eigenvalue weighted by Gasteiger charge is 2.42. The zero-order valence-corrected chi connectivity index (χ0v) is 20.4. The fourth-order valence-corrected chi connectivity index (χ4v) is 4.67. The van der Waals surface area contributed by atoms with Gasteiger partial charge in [0.2, 0.25) is 0 Å². The van der Waals surface area contributed by atoms with Gasteiger partial charge in [0.1, 0.15) is 11.4 Å². The highest BCUT2D eigenvalue weighted by Crippen LogP contribution is 2.38. The molecular weight excluding hydrogens is 420 g/mol. The largest absolute Gasteiger partial charge is 0.494 e. The third kappa shape index (κ3) is 5.44. The SMILES string of the molecule is CCCCCCCOc1ccc(C2(C)Nc3ccccc3C(=O)N2CCc2ccccc2)cc1. The highest BCUT2D eigenvalue weighted by atomic mass is 16.5. The van der Waals surface area contributed by atoms with Crippen molar-refractivity contribution in [3.63, 3.8) is 0 Å². The minimum absolute atomic E-state index is 0.0557. The summed E-state index contributed by atoms with van der Waals surface area (Å²) >= 11 is 0. The summed E-state index contributed by atoms with van der Waals surface area (Å²) in [7, 11) is 0. The lowest BCUT2D eigenvalue weighted by Gasteiger charge is -2.47. The predicted octanol–water partition coefficient (Wildman–Crippen LogP) is 7.02. The summed E-state index contributed by atoms with van der Waals surface area (Å²) in [6.07, 6.45) is 6.92. The van der Waals surface area contributed by atoms with E-state index in [1.807, 2.05) is 59.5 Å². The number of rotatable bonds is 11. The molecule has 3 aromatic carbocycles. The van der Waals surface area contributed by atoms with Crippen molar-refractivity contribution in [2.75, 3.05) is 18.5 Å². The Bertz CT molecular complexity index is 1060. The zero-order valence-electron chi connectivity index (χ0n) is 20.4. The average molecular weight is 457 g/mol. The molecule has 1 N–H and O–H groups in total. The Kier molecular flexibility index (Phi) is 7.89. The summed E-state index contributed by atoms with van der Waals surface area (Å²) in [5, 5.41) is 3.66. The summed E-state index contributed by atoms with van der Waals surface area (Å²) in [6, 6.07) is 26.3. The lowest BCUT2D eigenvalue weighted by Crippen LogP contribution is -2.56. The van der Waals surface area contributed by atoms with Crippen LogP contribution in [0.25, 0.3) is 0 Å². The van der Waals surface area contributed by atoms with Crippen LogP contribution >= 0.6 is 0 Å². The normalized spacial score (nSPS) is 17.2. The van der Waals surface area contributed by atoms with Crippen LogP contribution in [0.2, 0.25) is 0 Å². The van der Waals surface area contributed by atoms with Gasteiger partial charge in [0.25, 0.3) is 5.91 Å². The maximum absolute atomic E-state index is 13.6. The maximum Gasteiger partial charge on any atom is 0.258 e. The first-order valence-electron chi connectivity index (χ1n) is 12.6. The van der Waals surface area contributed by atoms with Crippen molar-refractivity contribution in [3.05, 3.63) is 95.6 Å². The van der Waals surface area contributed by atoms with Crippen molar-refractivity contribution in [2.24, 2.45) is 0 Å². The molecule has 1 aliphatic rings. The number of anilines is 1. The van der Waals surface area contributed by atoms with Gasteiger partial charge in [0.15, 0.2) is 0 Å². The second-order valence-corrected chi connectivity index (χ2v) is 9.22. The van der Waals surface area contributed by atoms with E-state index < -0.39 is 5.66 Å². The number of amides is 1. The molecule has 0 radical (unpaired) electrons. The highest BCUT2D eigenvalue weighted by molar-refractivity contribution is 6.02. The number of hydrogen-bond donors (Lipinski definition) is 1. The van der Waals surface area contributed by atoms with Gasteiger partial charge >= 0.3 is 0 Å². The second-order valence-electron chi connectivity index (χ2n) is 9.22. The van der Waals surface area contributed by atoms with Crippen molar-refractivity contribution >= 4 is 11.6 Å². The summed E-state index contributed by atoms with van der Waals surface area (Å²) in [5.74, 6) is 0.932. The van der Waals surface area contributed by atoms with Crippen LogP contribution in [0.4, 0.5) is 5.69 Å². The first kappa shape index (κ1) is 23.9. The van der Waals surface area contributed by atoms with E-state index in [4.69, 9.17) is 4.74 Å². The van der Waals surface area contributed by atoms with Gasteiger partial charge in [-0.2, -0.15) is 0 Å². The quantitative estimate of drug-likeness (QED) is 0.315. The van der Waals surface area contributed by atoms with E-state index in [0.717, 1.165) is 42.0 Å². The molecule has 1 unspecified atom stereocenters. The fourth-order valence-electron chi connectivity index (χ4n) is 4.67. The summed E-state index contributed by atoms with van der Waals surface area (Å²) < 4.78 is 5.97. The molecule has 3 aromatic rings. The molecule has 0 bridgehead atoms. The van der Waals surface area contributed by atoms with Crippen molar-refractivity contribution in [2.45, 2.75) is 58.0 Å². The number of carbonyl (C=O) groups excluding carboxylic acids is 1. The molecule has 0 saturated carbocycles. The third-order valence-electron chi connectivity index (χ3n) is 6.72. The van der Waals surface area contributed by atoms with Crippen molar-refractivity contribution in [3.8, 4) is 5.75 Å². The Labute approximate surface area is 204 Å². The molecule has 0 aromatic heterocycles. The van der Waals surface area contributed by atoms with Crippen LogP contribution in [0, 0.1) is 0 Å². The number of benzene rings is 3. The predicted molar refractivity (Wildman–Crippen MR) is 139 cm³/mol. The number of carbonyl (C=O) groups is 1. The number of fused-ring (bicyclic) bond motifs is 1. The van der Waals surface area contributed by atoms with E-state index in [-0.39, 0.29) is 5.91 Å². The van der Waals surface area contributed by atoms with Crippen molar-refractivity contribution in [1.29, 1.82) is 0 Å². The van der Waals surface area contributed by atoms with E-state index in [0.29, 0.717) is 6.54 Å². The molecule has 1 atom stereocenters. The lowest BCUT2D eigenvalue weighted by atomic mass is 9.93. The number of para-hydroxylation sites is 1. The molecule has 0 spiro atoms. The van der Waals surface area contributed by atoms with E-state index in [1.165, 1.54) is 31.2 Å². The third-order valence-corrected chi connectivity index (χ3v) is 6.72. The molecule has 178 valence electrons. The second kappa shape index (κ2) is 11.2. The molecule has 1 amide bonds. The van der Waals surface area contributed by atoms with Gasteiger partial charge in [0, 0.05) is 12.2 Å². The van der Waals surface area contributed by atoms with Gasteiger partial charge in [-0.05, 0) is 55.2 Å². The smallest absolute Gasteiger partial charge is 0.258 e. The van der Waals surface area contributed by atoms with Gasteiger partial charge in [-0.25, -0.2) is 0 Å². The molecule has 1 aliphatic heterocycles. The van der Waals surface area contributed by atoms with Crippen LogP contribution in [0.15, 0.2) is 78.9 Å². The van der Waals surface area contributed by atoms with Gasteiger partial charge in [-0.15, -0.1) is 0 Å². The van der Waals surface area contributed by atoms with Crippen molar-refractivity contribution in [1.82, 2.24) is 4.90 Å². The minimum atomic E-state index is -0.654. The first-order chi connectivity index (χ1) is 16.6. The molecule has 4 rings (SSSR count). The minimum Gasteiger partial charge on any atom is -0.494 e. The topological polar surface area (TPSA) is 41.6 Å². The number of nitrogens with one attached hydrogen (secondary N) is 1. The molecular formula is C30H36N2O2. The fraction of sp³-hybridized carbons (Fsp3) is 0.367. The Morgan fingerprint density at radius 1 is 0.853 bits per heavy atom. The molecule has 0 fully saturated rings. The number of ether oxygens (including phenoxy) is 1. The molecule has 4 nitrogen and oxygen atoms in total. The Morgan fingerprint density at radius 2 is 1.56 bits per heavy atom. The average Bonchev–Trinajstić information content (AvgIpc) is 2.87. The maximum atomic E-state index is 13.6. The molecule has 0 saturated heterocycles. The van der Waals surface area contributed by atoms with Crippen LogP contribution in [0.5, 0.6) is 5.75 Å². The van der Waals surface area contributed by atoms with Gasteiger partial charge in [0.05, 0.1) is 12.2 Å². The Hall–Kier alpha value is -3.27. The van der Waals surface area contributed by atoms with E-state index in [1.54, 1.807) is 0 Å². The summed E-state index contributed by atoms with van der Waals surface area (Å²) in [4.78, 5) is 15.6. The zero-order chi connectivity index (χ0) is 23.8. The van der Waals surface area contributed by atoms with Gasteiger partial charge < -0.3 is 15.0 Å². The van der Waals surface area contributed by atoms with Crippen molar-refractivity contribution < 1.29 is 9.53 Å². The monoisotopic (exact) mass is 456 g/mol. The van der Waals surface area contributed by atoms with E-state index in [2.05, 4.69) is 43.4 Å². The van der Waals surface area contributed by atoms with Crippen LogP contribution in [0.3, 0.4) is 0 Å².